The van der Waals surface area contributed by atoms with Gasteiger partial charge in [0, 0.05) is 17.0 Å². The highest BCUT2D eigenvalue weighted by molar-refractivity contribution is 7.21. The summed E-state index contributed by atoms with van der Waals surface area (Å²) < 4.78 is 1.23. The van der Waals surface area contributed by atoms with Gasteiger partial charge in [-0.15, -0.1) is 11.3 Å². The van der Waals surface area contributed by atoms with Crippen molar-refractivity contribution in [2.75, 3.05) is 0 Å². The minimum Gasteiger partial charge on any atom is -0.294 e. The van der Waals surface area contributed by atoms with Gasteiger partial charge >= 0.3 is 0 Å². The van der Waals surface area contributed by atoms with E-state index in [4.69, 9.17) is 4.98 Å². The molecule has 1 aliphatic carbocycles. The molecular weight excluding hydrogens is 374 g/mol. The maximum atomic E-state index is 12.8. The first kappa shape index (κ1) is 18.3. The number of ketones is 1. The standard InChI is InChI=1S/C26H23NOS/c1-17-7-14-24-23(15-17)27-26(29-24)20-10-8-18(9-11-20)16-21-12-13-22(21)25(28)19-5-3-2-4-6-19/h2-11,14-15,21-22H,12-13,16H2,1H3. The summed E-state index contributed by atoms with van der Waals surface area (Å²) in [7, 11) is 0. The number of benzene rings is 3. The third kappa shape index (κ3) is 3.63. The largest absolute Gasteiger partial charge is 0.294 e. The van der Waals surface area contributed by atoms with Crippen molar-refractivity contribution in [1.29, 1.82) is 0 Å². The zero-order valence-electron chi connectivity index (χ0n) is 16.5. The fraction of sp³-hybridized carbons (Fsp3) is 0.231. The quantitative estimate of drug-likeness (QED) is 0.350. The van der Waals surface area contributed by atoms with E-state index in [2.05, 4.69) is 49.4 Å². The number of rotatable bonds is 5. The number of hydrogen-bond donors (Lipinski definition) is 0. The molecule has 3 heteroatoms. The number of aromatic nitrogens is 1. The van der Waals surface area contributed by atoms with E-state index in [0.29, 0.717) is 11.7 Å². The molecule has 2 atom stereocenters. The van der Waals surface area contributed by atoms with Crippen molar-refractivity contribution >= 4 is 27.3 Å². The number of fused-ring (bicyclic) bond motifs is 1. The van der Waals surface area contributed by atoms with Crippen LogP contribution in [0.25, 0.3) is 20.8 Å². The molecule has 5 rings (SSSR count). The van der Waals surface area contributed by atoms with Crippen LogP contribution in [0.3, 0.4) is 0 Å². The third-order valence-electron chi connectivity index (χ3n) is 6.05. The molecule has 144 valence electrons. The first-order chi connectivity index (χ1) is 14.2. The van der Waals surface area contributed by atoms with E-state index in [1.807, 2.05) is 30.3 Å². The van der Waals surface area contributed by atoms with Gasteiger partial charge in [0.1, 0.15) is 5.01 Å². The first-order valence-corrected chi connectivity index (χ1v) is 11.0. The number of aryl methyl sites for hydroxylation is 1. The summed E-state index contributed by atoms with van der Waals surface area (Å²) in [6.45, 7) is 2.10. The first-order valence-electron chi connectivity index (χ1n) is 10.2. The summed E-state index contributed by atoms with van der Waals surface area (Å²) in [6.07, 6.45) is 3.13. The lowest BCUT2D eigenvalue weighted by atomic mass is 9.67. The Bertz CT molecular complexity index is 1160. The van der Waals surface area contributed by atoms with Crippen molar-refractivity contribution in [2.45, 2.75) is 26.2 Å². The van der Waals surface area contributed by atoms with E-state index in [1.54, 1.807) is 11.3 Å². The summed E-state index contributed by atoms with van der Waals surface area (Å²) in [6, 6.07) is 24.9. The van der Waals surface area contributed by atoms with Gasteiger partial charge in [0.25, 0.3) is 0 Å². The van der Waals surface area contributed by atoms with Gasteiger partial charge in [0.2, 0.25) is 0 Å². The second-order valence-electron chi connectivity index (χ2n) is 8.07. The zero-order chi connectivity index (χ0) is 19.8. The van der Waals surface area contributed by atoms with Crippen LogP contribution >= 0.6 is 11.3 Å². The Labute approximate surface area is 175 Å². The lowest BCUT2D eigenvalue weighted by Crippen LogP contribution is -2.34. The lowest BCUT2D eigenvalue weighted by Gasteiger charge is -2.35. The van der Waals surface area contributed by atoms with Crippen LogP contribution in [0.5, 0.6) is 0 Å². The Morgan fingerprint density at radius 1 is 1.00 bits per heavy atom. The number of nitrogens with zero attached hydrogens (tertiary/aromatic N) is 1. The zero-order valence-corrected chi connectivity index (χ0v) is 17.3. The SMILES string of the molecule is Cc1ccc2sc(-c3ccc(CC4CCC4C(=O)c4ccccc4)cc3)nc2c1. The predicted octanol–water partition coefficient (Wildman–Crippen LogP) is 6.72. The van der Waals surface area contributed by atoms with E-state index < -0.39 is 0 Å². The van der Waals surface area contributed by atoms with Gasteiger partial charge in [-0.1, -0.05) is 60.7 Å². The fourth-order valence-corrected chi connectivity index (χ4v) is 5.17. The van der Waals surface area contributed by atoms with E-state index in [9.17, 15) is 4.79 Å². The van der Waals surface area contributed by atoms with Crippen LogP contribution in [0, 0.1) is 18.8 Å². The van der Waals surface area contributed by atoms with Crippen molar-refractivity contribution in [2.24, 2.45) is 11.8 Å². The van der Waals surface area contributed by atoms with Crippen LogP contribution < -0.4 is 0 Å². The van der Waals surface area contributed by atoms with Gasteiger partial charge in [0.05, 0.1) is 10.2 Å². The van der Waals surface area contributed by atoms with Gasteiger partial charge < -0.3 is 0 Å². The van der Waals surface area contributed by atoms with Crippen molar-refractivity contribution < 1.29 is 4.79 Å². The summed E-state index contributed by atoms with van der Waals surface area (Å²) in [5.74, 6) is 0.937. The monoisotopic (exact) mass is 397 g/mol. The van der Waals surface area contributed by atoms with E-state index in [1.165, 1.54) is 15.8 Å². The molecule has 0 N–H and O–H groups in total. The number of carbonyl (C=O) groups excluding carboxylic acids is 1. The van der Waals surface area contributed by atoms with Gasteiger partial charge in [-0.25, -0.2) is 4.98 Å². The maximum Gasteiger partial charge on any atom is 0.166 e. The van der Waals surface area contributed by atoms with Crippen molar-refractivity contribution in [1.82, 2.24) is 4.98 Å². The van der Waals surface area contributed by atoms with Gasteiger partial charge in [-0.3, -0.25) is 4.79 Å². The van der Waals surface area contributed by atoms with Crippen LogP contribution in [0.2, 0.25) is 0 Å². The smallest absolute Gasteiger partial charge is 0.166 e. The van der Waals surface area contributed by atoms with E-state index in [0.717, 1.165) is 40.9 Å². The molecular formula is C26H23NOS. The van der Waals surface area contributed by atoms with E-state index >= 15 is 0 Å². The molecule has 1 aromatic heterocycles. The molecule has 1 aliphatic rings. The Morgan fingerprint density at radius 2 is 1.79 bits per heavy atom. The minimum absolute atomic E-state index is 0.171. The fourth-order valence-electron chi connectivity index (χ4n) is 4.22. The van der Waals surface area contributed by atoms with Crippen molar-refractivity contribution in [3.05, 3.63) is 89.5 Å². The molecule has 0 saturated heterocycles. The Hall–Kier alpha value is -2.78. The van der Waals surface area contributed by atoms with Crippen LogP contribution in [-0.4, -0.2) is 10.8 Å². The number of Topliss-reactive ketones (excluding diaryl/α,β-unsaturated/α-hetero) is 1. The molecule has 0 spiro atoms. The summed E-state index contributed by atoms with van der Waals surface area (Å²) in [5, 5.41) is 1.07. The van der Waals surface area contributed by atoms with Crippen LogP contribution in [-0.2, 0) is 6.42 Å². The molecule has 2 unspecified atom stereocenters. The molecule has 0 amide bonds. The molecule has 2 nitrogen and oxygen atoms in total. The second-order valence-corrected chi connectivity index (χ2v) is 9.10. The van der Waals surface area contributed by atoms with Gasteiger partial charge in [0.15, 0.2) is 5.78 Å². The average Bonchev–Trinajstić information content (AvgIpc) is 3.15. The molecule has 0 bridgehead atoms. The average molecular weight is 398 g/mol. The molecule has 1 fully saturated rings. The summed E-state index contributed by atoms with van der Waals surface area (Å²) >= 11 is 1.74. The highest BCUT2D eigenvalue weighted by Gasteiger charge is 2.36. The van der Waals surface area contributed by atoms with Crippen LogP contribution in [0.1, 0.15) is 34.3 Å². The van der Waals surface area contributed by atoms with Crippen LogP contribution in [0.4, 0.5) is 0 Å². The molecule has 0 aliphatic heterocycles. The second kappa shape index (κ2) is 7.57. The van der Waals surface area contributed by atoms with Crippen LogP contribution in [0.15, 0.2) is 72.8 Å². The summed E-state index contributed by atoms with van der Waals surface area (Å²) in [4.78, 5) is 17.6. The molecule has 29 heavy (non-hydrogen) atoms. The Morgan fingerprint density at radius 3 is 2.52 bits per heavy atom. The highest BCUT2D eigenvalue weighted by atomic mass is 32.1. The maximum absolute atomic E-state index is 12.8. The van der Waals surface area contributed by atoms with Gasteiger partial charge in [-0.2, -0.15) is 0 Å². The van der Waals surface area contributed by atoms with Gasteiger partial charge in [-0.05, 0) is 55.4 Å². The number of carbonyl (C=O) groups is 1. The molecule has 4 aromatic rings. The summed E-state index contributed by atoms with van der Waals surface area (Å²) in [5.41, 5.74) is 5.64. The topological polar surface area (TPSA) is 30.0 Å². The minimum atomic E-state index is 0.171. The third-order valence-corrected chi connectivity index (χ3v) is 7.14. The van der Waals surface area contributed by atoms with Crippen molar-refractivity contribution in [3.8, 4) is 10.6 Å². The molecule has 1 heterocycles. The Kier molecular flexibility index (Phi) is 4.76. The normalized spacial score (nSPS) is 18.5. The molecule has 1 saturated carbocycles. The molecule has 3 aromatic carbocycles. The Balaban J connectivity index is 1.29. The highest BCUT2D eigenvalue weighted by Crippen LogP contribution is 2.39. The molecule has 0 radical (unpaired) electrons. The van der Waals surface area contributed by atoms with E-state index in [-0.39, 0.29) is 5.92 Å². The number of thiazole rings is 1. The van der Waals surface area contributed by atoms with Crippen molar-refractivity contribution in [3.63, 3.8) is 0 Å². The number of hydrogen-bond acceptors (Lipinski definition) is 3. The lowest BCUT2D eigenvalue weighted by molar-refractivity contribution is 0.0738. The predicted molar refractivity (Wildman–Crippen MR) is 120 cm³/mol.